The zero-order valence-electron chi connectivity index (χ0n) is 18.6. The Balaban J connectivity index is 1.70. The molecule has 172 valence electrons. The minimum Gasteiger partial charge on any atom is -0.493 e. The fraction of sp³-hybridized carbons (Fsp3) is 0.440. The van der Waals surface area contributed by atoms with E-state index < -0.39 is 17.4 Å². The number of amides is 1. The summed E-state index contributed by atoms with van der Waals surface area (Å²) >= 11 is 0. The first-order valence-corrected chi connectivity index (χ1v) is 10.9. The number of benzene rings is 2. The van der Waals surface area contributed by atoms with Crippen LogP contribution in [0.25, 0.3) is 0 Å². The lowest BCUT2D eigenvalue weighted by Crippen LogP contribution is -2.56. The van der Waals surface area contributed by atoms with Gasteiger partial charge in [0.25, 0.3) is 5.91 Å². The van der Waals surface area contributed by atoms with E-state index in [4.69, 9.17) is 9.47 Å². The first kappa shape index (κ1) is 23.6. The van der Waals surface area contributed by atoms with E-state index in [0.29, 0.717) is 42.9 Å². The Kier molecular flexibility index (Phi) is 7.75. The molecule has 7 nitrogen and oxygen atoms in total. The average Bonchev–Trinajstić information content (AvgIpc) is 2.79. The van der Waals surface area contributed by atoms with E-state index >= 15 is 0 Å². The van der Waals surface area contributed by atoms with Crippen molar-refractivity contribution < 1.29 is 29.3 Å². The van der Waals surface area contributed by atoms with Crippen LogP contribution in [0.15, 0.2) is 42.5 Å². The quantitative estimate of drug-likeness (QED) is 0.551. The van der Waals surface area contributed by atoms with Crippen molar-refractivity contribution >= 4 is 11.9 Å². The van der Waals surface area contributed by atoms with Crippen LogP contribution in [-0.4, -0.2) is 48.0 Å². The van der Waals surface area contributed by atoms with Gasteiger partial charge in [-0.15, -0.1) is 0 Å². The summed E-state index contributed by atoms with van der Waals surface area (Å²) in [5, 5.41) is 21.9. The van der Waals surface area contributed by atoms with Gasteiger partial charge in [0, 0.05) is 18.6 Å². The number of aliphatic hydroxyl groups is 1. The Bertz CT molecular complexity index is 949. The zero-order valence-corrected chi connectivity index (χ0v) is 18.6. The van der Waals surface area contributed by atoms with Gasteiger partial charge in [0.2, 0.25) is 0 Å². The Morgan fingerprint density at radius 2 is 1.88 bits per heavy atom. The number of hydrogen-bond acceptors (Lipinski definition) is 5. The molecule has 0 saturated heterocycles. The highest BCUT2D eigenvalue weighted by molar-refractivity contribution is 5.98. The molecule has 3 rings (SSSR count). The van der Waals surface area contributed by atoms with Crippen molar-refractivity contribution in [1.29, 1.82) is 0 Å². The van der Waals surface area contributed by atoms with E-state index in [9.17, 15) is 19.8 Å². The fourth-order valence-corrected chi connectivity index (χ4v) is 4.11. The molecule has 1 aliphatic rings. The molecule has 0 bridgehead atoms. The molecule has 2 aromatic carbocycles. The first-order chi connectivity index (χ1) is 15.4. The number of carbonyl (C=O) groups excluding carboxylic acids is 1. The van der Waals surface area contributed by atoms with E-state index in [1.165, 1.54) is 12.7 Å². The van der Waals surface area contributed by atoms with Gasteiger partial charge in [-0.2, -0.15) is 0 Å². The van der Waals surface area contributed by atoms with Gasteiger partial charge in [0.1, 0.15) is 5.54 Å². The summed E-state index contributed by atoms with van der Waals surface area (Å²) in [4.78, 5) is 24.9. The maximum Gasteiger partial charge on any atom is 0.329 e. The molecule has 7 heteroatoms. The molecule has 32 heavy (non-hydrogen) atoms. The van der Waals surface area contributed by atoms with Crippen molar-refractivity contribution in [2.45, 2.75) is 44.6 Å². The van der Waals surface area contributed by atoms with Crippen molar-refractivity contribution in [3.8, 4) is 11.5 Å². The predicted octanol–water partition coefficient (Wildman–Crippen LogP) is 3.36. The second kappa shape index (κ2) is 10.5. The summed E-state index contributed by atoms with van der Waals surface area (Å²) in [6.45, 7) is 2.48. The Hall–Kier alpha value is -3.06. The first-order valence-electron chi connectivity index (χ1n) is 10.9. The van der Waals surface area contributed by atoms with Crippen molar-refractivity contribution in [1.82, 2.24) is 5.32 Å². The normalized spacial score (nSPS) is 20.4. The number of nitrogens with one attached hydrogen (secondary N) is 1. The summed E-state index contributed by atoms with van der Waals surface area (Å²) in [5.74, 6) is -0.511. The molecular formula is C25H31NO6. The van der Waals surface area contributed by atoms with Crippen LogP contribution in [-0.2, 0) is 11.2 Å². The fourth-order valence-electron chi connectivity index (χ4n) is 4.11. The van der Waals surface area contributed by atoms with Crippen molar-refractivity contribution in [2.75, 3.05) is 20.3 Å². The van der Waals surface area contributed by atoms with Crippen LogP contribution in [0.4, 0.5) is 0 Å². The maximum absolute atomic E-state index is 12.9. The van der Waals surface area contributed by atoms with Gasteiger partial charge in [-0.1, -0.05) is 29.8 Å². The van der Waals surface area contributed by atoms with Crippen LogP contribution in [0.3, 0.4) is 0 Å². The lowest BCUT2D eigenvalue weighted by atomic mass is 9.76. The van der Waals surface area contributed by atoms with Gasteiger partial charge in [0.05, 0.1) is 13.7 Å². The lowest BCUT2D eigenvalue weighted by molar-refractivity contribution is -0.146. The van der Waals surface area contributed by atoms with Crippen molar-refractivity contribution in [3.05, 3.63) is 59.2 Å². The van der Waals surface area contributed by atoms with Crippen LogP contribution < -0.4 is 14.8 Å². The van der Waals surface area contributed by atoms with E-state index in [2.05, 4.69) is 11.4 Å². The lowest BCUT2D eigenvalue weighted by Gasteiger charge is -2.37. The number of carboxylic acids is 1. The molecular weight excluding hydrogens is 410 g/mol. The number of aliphatic hydroxyl groups excluding tert-OH is 1. The average molecular weight is 442 g/mol. The standard InChI is InChI=1S/C25H31NO6/c1-17-4-3-5-18(14-17)10-13-32-22-15-20(6-7-21(22)31-2)23(28)26-25(24(29)30)11-8-19(16-27)9-12-25/h3-7,14-15,19,27H,8-13,16H2,1-2H3,(H,26,28)(H,29,30). The van der Waals surface area contributed by atoms with E-state index in [-0.39, 0.29) is 25.4 Å². The Morgan fingerprint density at radius 1 is 1.12 bits per heavy atom. The molecule has 0 radical (unpaired) electrons. The van der Waals surface area contributed by atoms with Crippen molar-refractivity contribution in [2.24, 2.45) is 5.92 Å². The molecule has 0 atom stereocenters. The summed E-state index contributed by atoms with van der Waals surface area (Å²) in [7, 11) is 1.53. The molecule has 0 aliphatic heterocycles. The largest absolute Gasteiger partial charge is 0.493 e. The van der Waals surface area contributed by atoms with Gasteiger partial charge in [-0.05, 0) is 62.3 Å². The monoisotopic (exact) mass is 441 g/mol. The molecule has 1 amide bonds. The van der Waals surface area contributed by atoms with Crippen LogP contribution >= 0.6 is 0 Å². The summed E-state index contributed by atoms with van der Waals surface area (Å²) in [6.07, 6.45) is 2.39. The molecule has 1 fully saturated rings. The number of hydrogen-bond donors (Lipinski definition) is 3. The SMILES string of the molecule is COc1ccc(C(=O)NC2(C(=O)O)CCC(CO)CC2)cc1OCCc1cccc(C)c1. The molecule has 3 N–H and O–H groups in total. The highest BCUT2D eigenvalue weighted by atomic mass is 16.5. The van der Waals surface area contributed by atoms with Crippen LogP contribution in [0.2, 0.25) is 0 Å². The number of rotatable bonds is 9. The van der Waals surface area contributed by atoms with E-state index in [1.807, 2.05) is 25.1 Å². The maximum atomic E-state index is 12.9. The number of methoxy groups -OCH3 is 1. The summed E-state index contributed by atoms with van der Waals surface area (Å²) in [6, 6.07) is 13.0. The third-order valence-electron chi connectivity index (χ3n) is 6.14. The summed E-state index contributed by atoms with van der Waals surface area (Å²) in [5.41, 5.74) is 1.31. The van der Waals surface area contributed by atoms with Crippen LogP contribution in [0.5, 0.6) is 11.5 Å². The van der Waals surface area contributed by atoms with Gasteiger partial charge >= 0.3 is 5.97 Å². The molecule has 0 heterocycles. The third kappa shape index (κ3) is 5.59. The highest BCUT2D eigenvalue weighted by Gasteiger charge is 2.43. The van der Waals surface area contributed by atoms with Gasteiger partial charge in [-0.3, -0.25) is 4.79 Å². The van der Waals surface area contributed by atoms with E-state index in [0.717, 1.165) is 5.56 Å². The van der Waals surface area contributed by atoms with Gasteiger partial charge in [0.15, 0.2) is 11.5 Å². The predicted molar refractivity (Wildman–Crippen MR) is 120 cm³/mol. The van der Waals surface area contributed by atoms with Crippen LogP contribution in [0.1, 0.15) is 47.2 Å². The number of ether oxygens (including phenoxy) is 2. The zero-order chi connectivity index (χ0) is 23.1. The number of aryl methyl sites for hydroxylation is 1. The highest BCUT2D eigenvalue weighted by Crippen LogP contribution is 2.33. The third-order valence-corrected chi connectivity index (χ3v) is 6.14. The number of carbonyl (C=O) groups is 2. The summed E-state index contributed by atoms with van der Waals surface area (Å²) < 4.78 is 11.3. The number of carboxylic acid groups (broad SMARTS) is 1. The number of aliphatic carboxylic acids is 1. The molecule has 0 spiro atoms. The molecule has 1 saturated carbocycles. The van der Waals surface area contributed by atoms with Crippen molar-refractivity contribution in [3.63, 3.8) is 0 Å². The minimum atomic E-state index is -1.32. The Labute approximate surface area is 188 Å². The topological polar surface area (TPSA) is 105 Å². The van der Waals surface area contributed by atoms with E-state index in [1.54, 1.807) is 18.2 Å². The van der Waals surface area contributed by atoms with Gasteiger partial charge in [-0.25, -0.2) is 4.79 Å². The van der Waals surface area contributed by atoms with Crippen LogP contribution in [0, 0.1) is 12.8 Å². The molecule has 2 aromatic rings. The molecule has 0 unspecified atom stereocenters. The second-order valence-corrected chi connectivity index (χ2v) is 8.42. The smallest absolute Gasteiger partial charge is 0.329 e. The second-order valence-electron chi connectivity index (χ2n) is 8.42. The Morgan fingerprint density at radius 3 is 2.50 bits per heavy atom. The van der Waals surface area contributed by atoms with Gasteiger partial charge < -0.3 is 25.0 Å². The minimum absolute atomic E-state index is 0.0331. The molecule has 1 aliphatic carbocycles. The molecule has 0 aromatic heterocycles.